The van der Waals surface area contributed by atoms with Crippen LogP contribution in [0.1, 0.15) is 71.5 Å². The van der Waals surface area contributed by atoms with Crippen molar-refractivity contribution in [1.29, 1.82) is 0 Å². The van der Waals surface area contributed by atoms with Crippen molar-refractivity contribution in [1.82, 2.24) is 98.9 Å². The van der Waals surface area contributed by atoms with E-state index in [9.17, 15) is 19.8 Å². The lowest BCUT2D eigenvalue weighted by atomic mass is 9.90. The zero-order valence-electron chi connectivity index (χ0n) is 54.6. The third-order valence-electron chi connectivity index (χ3n) is 17.4. The fourth-order valence-electron chi connectivity index (χ4n) is 12.2. The highest BCUT2D eigenvalue weighted by atomic mass is 16.5. The molecule has 0 aliphatic heterocycles. The van der Waals surface area contributed by atoms with E-state index >= 15 is 0 Å². The van der Waals surface area contributed by atoms with Gasteiger partial charge >= 0.3 is 5.97 Å². The Morgan fingerprint density at radius 2 is 0.873 bits per heavy atom. The largest absolute Gasteiger partial charge is 0.464 e. The maximum Gasteiger partial charge on any atom is 0.330 e. The Labute approximate surface area is 571 Å². The van der Waals surface area contributed by atoms with Crippen LogP contribution in [0.4, 0.5) is 47.3 Å². The van der Waals surface area contributed by atoms with Gasteiger partial charge in [-0.25, -0.2) is 63.4 Å². The average molecular weight is 1380 g/mol. The lowest BCUT2D eigenvalue weighted by molar-refractivity contribution is -0.146. The molecule has 12 aromatic heterocycles. The van der Waals surface area contributed by atoms with E-state index in [0.717, 1.165) is 22.3 Å². The molecule has 0 saturated heterocycles. The van der Waals surface area contributed by atoms with Crippen LogP contribution in [0.25, 0.3) is 134 Å². The summed E-state index contributed by atoms with van der Waals surface area (Å²) in [4.78, 5) is 73.8. The number of ketones is 1. The number of oxazole rings is 4. The lowest BCUT2D eigenvalue weighted by Crippen LogP contribution is -2.31. The summed E-state index contributed by atoms with van der Waals surface area (Å²) in [7, 11) is 0. The number of aliphatic hydroxyl groups is 2. The van der Waals surface area contributed by atoms with E-state index in [1.807, 2.05) is 54.9 Å². The van der Waals surface area contributed by atoms with Gasteiger partial charge in [-0.3, -0.25) is 4.79 Å². The van der Waals surface area contributed by atoms with Gasteiger partial charge < -0.3 is 78.5 Å². The van der Waals surface area contributed by atoms with E-state index in [1.165, 1.54) is 30.0 Å². The minimum absolute atomic E-state index is 0.00414. The molecule has 37 nitrogen and oxygen atoms in total. The second-order valence-corrected chi connectivity index (χ2v) is 24.7. The summed E-state index contributed by atoms with van der Waals surface area (Å²) in [5.74, 6) is 1.10. The summed E-state index contributed by atoms with van der Waals surface area (Å²) in [6, 6.07) is 21.6. The third-order valence-corrected chi connectivity index (χ3v) is 17.4. The van der Waals surface area contributed by atoms with Crippen LogP contribution in [0, 0.1) is 0 Å². The van der Waals surface area contributed by atoms with E-state index in [0.29, 0.717) is 154 Å². The fraction of sp³-hybridized carbons (Fsp3) is 0.231. The topological polar surface area (TPSA) is 571 Å². The van der Waals surface area contributed by atoms with Crippen LogP contribution in [0.2, 0.25) is 0 Å². The van der Waals surface area contributed by atoms with Gasteiger partial charge in [-0.1, -0.05) is 0 Å². The van der Waals surface area contributed by atoms with Gasteiger partial charge in [0.05, 0.1) is 58.5 Å². The Bertz CT molecular complexity index is 5970. The number of nitrogens with zero attached hydrogens (tertiary/aromatic N) is 20. The quantitative estimate of drug-likeness (QED) is 0.0606. The number of benzene rings is 4. The number of Topliss-reactive ketones (excluding diaryl/α,β-unsaturated/α-hetero) is 1. The second kappa shape index (κ2) is 25.1. The molecule has 1 unspecified atom stereocenters. The second-order valence-electron chi connectivity index (χ2n) is 24.7. The molecule has 2 fully saturated rings. The number of rotatable bonds is 11. The van der Waals surface area contributed by atoms with Crippen molar-refractivity contribution in [2.24, 2.45) is 0 Å². The van der Waals surface area contributed by atoms with Gasteiger partial charge in [0, 0.05) is 35.1 Å². The molecule has 18 rings (SSSR count). The summed E-state index contributed by atoms with van der Waals surface area (Å²) >= 11 is 0. The molecule has 0 amide bonds. The molecule has 18 N–H and O–H groups in total. The highest BCUT2D eigenvalue weighted by molar-refractivity contribution is 6.03. The Morgan fingerprint density at radius 1 is 0.520 bits per heavy atom. The number of nitrogen functional groups attached to an aromatic ring is 8. The Balaban J connectivity index is 0.000000110. The zero-order chi connectivity index (χ0) is 71.2. The smallest absolute Gasteiger partial charge is 0.330 e. The number of ether oxygens (including phenoxy) is 1. The molecule has 0 bridgehead atoms. The van der Waals surface area contributed by atoms with Gasteiger partial charge in [-0.2, -0.15) is 40.3 Å². The molecule has 37 heteroatoms. The van der Waals surface area contributed by atoms with E-state index in [4.69, 9.17) is 73.4 Å². The maximum absolute atomic E-state index is 12.2. The molecule has 4 aromatic carbocycles. The molecule has 1 atom stereocenters. The number of carbonyl (C=O) groups excluding carboxylic acids is 2. The summed E-state index contributed by atoms with van der Waals surface area (Å²) in [5, 5.41) is 40.5. The minimum Gasteiger partial charge on any atom is -0.464 e. The van der Waals surface area contributed by atoms with Crippen molar-refractivity contribution >= 4 is 148 Å². The molecule has 0 spiro atoms. The first-order valence-corrected chi connectivity index (χ1v) is 31.7. The normalized spacial score (nSPS) is 15.0. The maximum atomic E-state index is 12.2. The first-order valence-electron chi connectivity index (χ1n) is 31.7. The van der Waals surface area contributed by atoms with Crippen LogP contribution in [-0.4, -0.2) is 140 Å². The van der Waals surface area contributed by atoms with Crippen LogP contribution in [0.3, 0.4) is 0 Å². The summed E-state index contributed by atoms with van der Waals surface area (Å²) in [5.41, 5.74) is 58.9. The van der Waals surface area contributed by atoms with Crippen molar-refractivity contribution in [2.75, 3.05) is 59.1 Å². The lowest BCUT2D eigenvalue weighted by Gasteiger charge is -2.31. The van der Waals surface area contributed by atoms with Crippen LogP contribution in [0.15, 0.2) is 116 Å². The Morgan fingerprint density at radius 3 is 1.25 bits per heavy atom. The van der Waals surface area contributed by atoms with E-state index in [2.05, 4.69) is 75.1 Å². The standard InChI is InChI=1S/C17H17N7O3.C16H15N7O2.C16H13N7O2.C16H17N7O2/c1-3-26-16(25)8(2)24-15-12(14(18)20-7-21-15)13(23-24)9-4-5-11-10(6-9)22-17(19)27-11;2*17-14-12-13(7-1-2-11-10(3-7)21-16(18)25-11)22-23(8-4-9(24)5-8)15(12)20-6-19-14;1-16(2,6-24)23-14-11(13(17)19-7-20-14)12(22-23)8-3-4-10-9(5-8)21-15(18)25-10/h4-8H,3H2,1-2H3,(H2,19,22)(H2,18,20,21);1-3,6,8-9,24H,4-5H2,(H2,18,21)(H2,17,19,20);1-3,6,8H,4-5H2,(H2,18,21)(H2,17,19,20);3-5,7,24H,6H2,1-2H3,(H2,18,21)(H2,17,19,20). The number of carbonyl (C=O) groups is 2. The third kappa shape index (κ3) is 11.5. The van der Waals surface area contributed by atoms with Gasteiger partial charge in [0.15, 0.2) is 44.9 Å². The number of anilines is 8. The van der Waals surface area contributed by atoms with Gasteiger partial charge in [-0.15, -0.1) is 0 Å². The molecule has 12 heterocycles. The van der Waals surface area contributed by atoms with Gasteiger partial charge in [0.25, 0.3) is 24.1 Å². The van der Waals surface area contributed by atoms with Crippen LogP contribution < -0.4 is 45.9 Å². The highest BCUT2D eigenvalue weighted by Gasteiger charge is 2.35. The number of hydrogen-bond acceptors (Lipinski definition) is 33. The Kier molecular flexibility index (Phi) is 15.8. The van der Waals surface area contributed by atoms with E-state index in [1.54, 1.807) is 59.6 Å². The number of nitrogens with two attached hydrogens (primary N) is 8. The van der Waals surface area contributed by atoms with Crippen molar-refractivity contribution in [2.45, 2.75) is 83.1 Å². The predicted octanol–water partition coefficient (Wildman–Crippen LogP) is 6.65. The summed E-state index contributed by atoms with van der Waals surface area (Å²) in [6.07, 6.45) is 7.47. The van der Waals surface area contributed by atoms with Crippen molar-refractivity contribution in [3.8, 4) is 45.0 Å². The van der Waals surface area contributed by atoms with Crippen LogP contribution >= 0.6 is 0 Å². The van der Waals surface area contributed by atoms with Crippen molar-refractivity contribution in [3.63, 3.8) is 0 Å². The summed E-state index contributed by atoms with van der Waals surface area (Å²) in [6.45, 7) is 7.33. The number of aliphatic hydroxyl groups excluding tert-OH is 2. The Hall–Kier alpha value is -13.6. The molecular formula is C65H62N28O9. The highest BCUT2D eigenvalue weighted by Crippen LogP contribution is 2.42. The zero-order valence-corrected chi connectivity index (χ0v) is 54.6. The summed E-state index contributed by atoms with van der Waals surface area (Å²) < 4.78 is 33.1. The van der Waals surface area contributed by atoms with Crippen LogP contribution in [-0.2, 0) is 19.9 Å². The van der Waals surface area contributed by atoms with Crippen molar-refractivity contribution < 1.29 is 42.2 Å². The predicted molar refractivity (Wildman–Crippen MR) is 374 cm³/mol. The number of fused-ring (bicyclic) bond motifs is 8. The number of aromatic nitrogens is 20. The number of hydrogen-bond donors (Lipinski definition) is 10. The van der Waals surface area contributed by atoms with Gasteiger partial charge in [0.2, 0.25) is 0 Å². The molecular weight excluding hydrogens is 1320 g/mol. The van der Waals surface area contributed by atoms with Crippen LogP contribution in [0.5, 0.6) is 0 Å². The molecule has 516 valence electrons. The van der Waals surface area contributed by atoms with Gasteiger partial charge in [0.1, 0.15) is 105 Å². The molecule has 0 radical (unpaired) electrons. The van der Waals surface area contributed by atoms with E-state index < -0.39 is 17.6 Å². The fourth-order valence-corrected chi connectivity index (χ4v) is 12.2. The first kappa shape index (κ1) is 64.4. The SMILES string of the molecule is CC(C)(CO)n1nc(-c2ccc3oc(N)nc3c2)c2c(N)ncnc21.CCOC(=O)C(C)n1nc(-c2ccc3oc(N)nc3c2)c2c(N)ncnc21.Nc1nc2cc(-c3nn(C4CC(=O)C4)c4ncnc(N)c34)ccc2o1.Nc1nc2cc(-c3nn(C4CC(O)C4)c4ncnc(N)c34)ccc2o1. The molecule has 102 heavy (non-hydrogen) atoms. The first-order chi connectivity index (χ1) is 49.1. The molecule has 2 aliphatic carbocycles. The van der Waals surface area contributed by atoms with E-state index in [-0.39, 0.29) is 67.1 Å². The molecule has 2 aliphatic rings. The average Bonchev–Trinajstić information content (AvgIpc) is 1.62. The monoisotopic (exact) mass is 1380 g/mol. The van der Waals surface area contributed by atoms with Gasteiger partial charge in [-0.05, 0) is 113 Å². The number of esters is 1. The minimum atomic E-state index is -0.679. The van der Waals surface area contributed by atoms with Crippen molar-refractivity contribution in [3.05, 3.63) is 98.1 Å². The molecule has 16 aromatic rings. The molecule has 2 saturated carbocycles.